The van der Waals surface area contributed by atoms with Crippen LogP contribution in [0.15, 0.2) is 75.8 Å². The third-order valence-electron chi connectivity index (χ3n) is 5.31. The van der Waals surface area contributed by atoms with E-state index in [0.717, 1.165) is 6.07 Å². The number of nitrogens with one attached hydrogen (secondary N) is 1. The Balaban J connectivity index is 1.58. The summed E-state index contributed by atoms with van der Waals surface area (Å²) in [6.07, 6.45) is 1.37. The van der Waals surface area contributed by atoms with Gasteiger partial charge in [-0.25, -0.2) is 0 Å². The molecule has 0 aliphatic rings. The van der Waals surface area contributed by atoms with Gasteiger partial charge in [0.05, 0.1) is 11.2 Å². The zero-order chi connectivity index (χ0) is 25.1. The van der Waals surface area contributed by atoms with Gasteiger partial charge in [0.15, 0.2) is 11.4 Å². The third kappa shape index (κ3) is 5.07. The van der Waals surface area contributed by atoms with Crippen LogP contribution in [0.4, 0.5) is 11.4 Å². The molecule has 4 aromatic rings. The number of anilines is 1. The maximum Gasteiger partial charge on any atom is 0.284 e. The Hall–Kier alpha value is -4.44. The second kappa shape index (κ2) is 9.82. The Kier molecular flexibility index (Phi) is 6.65. The maximum atomic E-state index is 12.6. The number of halogens is 1. The quantitative estimate of drug-likeness (QED) is 0.347. The smallest absolute Gasteiger partial charge is 0.284 e. The van der Waals surface area contributed by atoms with E-state index in [1.54, 1.807) is 48.5 Å². The molecule has 2 aromatic carbocycles. The number of rotatable bonds is 6. The number of amides is 2. The Morgan fingerprint density at radius 3 is 2.60 bits per heavy atom. The molecule has 4 rings (SSSR count). The topological polar surface area (TPSA) is 138 Å². The van der Waals surface area contributed by atoms with Crippen LogP contribution in [0.5, 0.6) is 11.6 Å². The van der Waals surface area contributed by atoms with Gasteiger partial charge in [-0.15, -0.1) is 10.2 Å². The predicted molar refractivity (Wildman–Crippen MR) is 130 cm³/mol. The zero-order valence-electron chi connectivity index (χ0n) is 18.5. The lowest BCUT2D eigenvalue weighted by Crippen LogP contribution is -2.18. The van der Waals surface area contributed by atoms with E-state index in [4.69, 9.17) is 11.6 Å². The molecule has 10 nitrogen and oxygen atoms in total. The predicted octanol–water partition coefficient (Wildman–Crippen LogP) is 4.13. The number of carbonyl (C=O) groups is 2. The molecule has 0 spiro atoms. The van der Waals surface area contributed by atoms with Crippen LogP contribution < -0.4 is 10.7 Å². The number of benzene rings is 2. The summed E-state index contributed by atoms with van der Waals surface area (Å²) >= 11 is 5.96. The zero-order valence-corrected chi connectivity index (χ0v) is 19.2. The van der Waals surface area contributed by atoms with Gasteiger partial charge in [-0.1, -0.05) is 35.9 Å². The van der Waals surface area contributed by atoms with Crippen molar-refractivity contribution in [3.63, 3.8) is 0 Å². The molecule has 0 unspecified atom stereocenters. The van der Waals surface area contributed by atoms with Crippen molar-refractivity contribution in [3.05, 3.63) is 81.7 Å². The van der Waals surface area contributed by atoms with E-state index in [2.05, 4.69) is 15.5 Å². The number of pyridine rings is 1. The summed E-state index contributed by atoms with van der Waals surface area (Å²) in [7, 11) is 0. The maximum absolute atomic E-state index is 12.6. The monoisotopic (exact) mass is 493 g/mol. The SMILES string of the molecule is Cc1c(O)c(=O)ccn1CC(=O)N=Nc1c(O)n(CC(=O)Nc2cccc(Cl)c2)c2ccccc12. The Morgan fingerprint density at radius 2 is 1.83 bits per heavy atom. The lowest BCUT2D eigenvalue weighted by atomic mass is 10.2. The summed E-state index contributed by atoms with van der Waals surface area (Å²) in [5, 5.41) is 31.9. The minimum absolute atomic E-state index is 0.0315. The van der Waals surface area contributed by atoms with Crippen LogP contribution in [0.2, 0.25) is 5.02 Å². The van der Waals surface area contributed by atoms with Gasteiger partial charge < -0.3 is 24.7 Å². The average Bonchev–Trinajstić information content (AvgIpc) is 3.09. The lowest BCUT2D eigenvalue weighted by Gasteiger charge is -2.09. The Morgan fingerprint density at radius 1 is 1.06 bits per heavy atom. The van der Waals surface area contributed by atoms with Gasteiger partial charge in [-0.3, -0.25) is 14.4 Å². The number of azo groups is 1. The largest absolute Gasteiger partial charge is 0.503 e. The lowest BCUT2D eigenvalue weighted by molar-refractivity contribution is -0.119. The molecule has 0 fully saturated rings. The molecule has 0 bridgehead atoms. The van der Waals surface area contributed by atoms with Crippen LogP contribution in [0.3, 0.4) is 0 Å². The van der Waals surface area contributed by atoms with Crippen LogP contribution in [0.1, 0.15) is 5.69 Å². The van der Waals surface area contributed by atoms with Gasteiger partial charge in [0.1, 0.15) is 13.1 Å². The number of nitrogens with zero attached hydrogens (tertiary/aromatic N) is 4. The fourth-order valence-corrected chi connectivity index (χ4v) is 3.75. The van der Waals surface area contributed by atoms with Gasteiger partial charge in [0, 0.05) is 28.4 Å². The van der Waals surface area contributed by atoms with Crippen LogP contribution in [0.25, 0.3) is 10.9 Å². The van der Waals surface area contributed by atoms with E-state index in [0.29, 0.717) is 21.6 Å². The van der Waals surface area contributed by atoms with Crippen LogP contribution in [-0.2, 0) is 22.7 Å². The molecule has 0 aliphatic carbocycles. The van der Waals surface area contributed by atoms with Gasteiger partial charge in [0.25, 0.3) is 5.91 Å². The fourth-order valence-electron chi connectivity index (χ4n) is 3.56. The van der Waals surface area contributed by atoms with Crippen molar-refractivity contribution in [3.8, 4) is 11.6 Å². The van der Waals surface area contributed by atoms with Crippen LogP contribution >= 0.6 is 11.6 Å². The third-order valence-corrected chi connectivity index (χ3v) is 5.54. The molecular formula is C24H20ClN5O5. The first kappa shape index (κ1) is 23.7. The second-order valence-corrected chi connectivity index (χ2v) is 8.11. The minimum atomic E-state index is -0.675. The molecule has 2 heterocycles. The average molecular weight is 494 g/mol. The number of carbonyl (C=O) groups excluding carboxylic acids is 2. The number of aromatic hydroxyl groups is 2. The highest BCUT2D eigenvalue weighted by atomic mass is 35.5. The molecule has 11 heteroatoms. The van der Waals surface area contributed by atoms with Gasteiger partial charge >= 0.3 is 0 Å². The second-order valence-electron chi connectivity index (χ2n) is 7.67. The van der Waals surface area contributed by atoms with E-state index in [-0.39, 0.29) is 30.4 Å². The highest BCUT2D eigenvalue weighted by Gasteiger charge is 2.19. The normalized spacial score (nSPS) is 11.3. The van der Waals surface area contributed by atoms with E-state index in [1.165, 1.54) is 22.3 Å². The van der Waals surface area contributed by atoms with E-state index >= 15 is 0 Å². The number of fused-ring (bicyclic) bond motifs is 1. The molecule has 3 N–H and O–H groups in total. The summed E-state index contributed by atoms with van der Waals surface area (Å²) in [5.74, 6) is -1.86. The van der Waals surface area contributed by atoms with Crippen molar-refractivity contribution in [1.29, 1.82) is 0 Å². The molecule has 0 aliphatic heterocycles. The van der Waals surface area contributed by atoms with Crippen LogP contribution in [-0.4, -0.2) is 31.2 Å². The summed E-state index contributed by atoms with van der Waals surface area (Å²) in [6, 6.07) is 14.7. The highest BCUT2D eigenvalue weighted by Crippen LogP contribution is 2.38. The van der Waals surface area contributed by atoms with Crippen molar-refractivity contribution in [2.45, 2.75) is 20.0 Å². The van der Waals surface area contributed by atoms with Gasteiger partial charge in [0.2, 0.25) is 17.2 Å². The molecule has 2 amide bonds. The summed E-state index contributed by atoms with van der Waals surface area (Å²) in [4.78, 5) is 36.5. The molecule has 0 saturated carbocycles. The first-order chi connectivity index (χ1) is 16.7. The van der Waals surface area contributed by atoms with Gasteiger partial charge in [-0.2, -0.15) is 0 Å². The summed E-state index contributed by atoms with van der Waals surface area (Å²) in [6.45, 7) is 0.998. The van der Waals surface area contributed by atoms with Crippen molar-refractivity contribution in [2.75, 3.05) is 5.32 Å². The minimum Gasteiger partial charge on any atom is -0.503 e. The van der Waals surface area contributed by atoms with Gasteiger partial charge in [-0.05, 0) is 31.2 Å². The number of hydrogen-bond acceptors (Lipinski definition) is 6. The number of aromatic nitrogens is 2. The van der Waals surface area contributed by atoms with Crippen molar-refractivity contribution >= 4 is 45.7 Å². The molecule has 0 saturated heterocycles. The van der Waals surface area contributed by atoms with Crippen molar-refractivity contribution < 1.29 is 19.8 Å². The number of hydrogen-bond donors (Lipinski definition) is 3. The first-order valence-electron chi connectivity index (χ1n) is 10.4. The number of para-hydroxylation sites is 1. The van der Waals surface area contributed by atoms with E-state index < -0.39 is 23.0 Å². The fraction of sp³-hybridized carbons (Fsp3) is 0.125. The van der Waals surface area contributed by atoms with Crippen molar-refractivity contribution in [2.24, 2.45) is 10.2 Å². The molecule has 178 valence electrons. The van der Waals surface area contributed by atoms with E-state index in [1.807, 2.05) is 0 Å². The van der Waals surface area contributed by atoms with Crippen LogP contribution in [0, 0.1) is 6.92 Å². The first-order valence-corrected chi connectivity index (χ1v) is 10.8. The Bertz CT molecular complexity index is 1540. The molecule has 35 heavy (non-hydrogen) atoms. The molecule has 0 radical (unpaired) electrons. The molecule has 0 atom stereocenters. The summed E-state index contributed by atoms with van der Waals surface area (Å²) in [5.41, 5.74) is 0.724. The van der Waals surface area contributed by atoms with Crippen molar-refractivity contribution in [1.82, 2.24) is 9.13 Å². The molecule has 2 aromatic heterocycles. The van der Waals surface area contributed by atoms with E-state index in [9.17, 15) is 24.6 Å². The summed E-state index contributed by atoms with van der Waals surface area (Å²) < 4.78 is 2.72. The Labute approximate surface area is 203 Å². The molecular weight excluding hydrogens is 474 g/mol. The standard InChI is InChI=1S/C24H20ClN5O5/c1-14-23(34)19(31)9-10-29(14)12-21(33)27-28-22-17-7-2-3-8-18(17)30(24(22)35)13-20(32)26-16-6-4-5-15(25)11-16/h2-11,34-35H,12-13H2,1H3,(H,26,32). The highest BCUT2D eigenvalue weighted by molar-refractivity contribution is 6.30.